The van der Waals surface area contributed by atoms with Gasteiger partial charge in [-0.15, -0.1) is 0 Å². The molecule has 0 spiro atoms. The first-order valence-corrected chi connectivity index (χ1v) is 7.10. The molecule has 1 aliphatic heterocycles. The van der Waals surface area contributed by atoms with Crippen LogP contribution in [0.4, 0.5) is 11.6 Å². The van der Waals surface area contributed by atoms with Crippen molar-refractivity contribution in [3.63, 3.8) is 0 Å². The van der Waals surface area contributed by atoms with Crippen molar-refractivity contribution in [3.05, 3.63) is 12.4 Å². The monoisotopic (exact) mass is 277 g/mol. The maximum atomic E-state index is 11.7. The minimum absolute atomic E-state index is 0.0101. The Kier molecular flexibility index (Phi) is 4.89. The van der Waals surface area contributed by atoms with Gasteiger partial charge < -0.3 is 15.1 Å². The zero-order chi connectivity index (χ0) is 14.5. The van der Waals surface area contributed by atoms with E-state index in [2.05, 4.69) is 32.1 Å². The third-order valence-corrected chi connectivity index (χ3v) is 3.30. The summed E-state index contributed by atoms with van der Waals surface area (Å²) < 4.78 is 0. The summed E-state index contributed by atoms with van der Waals surface area (Å²) in [5.74, 6) is 1.09. The third-order valence-electron chi connectivity index (χ3n) is 3.30. The van der Waals surface area contributed by atoms with Gasteiger partial charge in [0.25, 0.3) is 0 Å². The van der Waals surface area contributed by atoms with E-state index in [-0.39, 0.29) is 5.91 Å². The van der Waals surface area contributed by atoms with Crippen LogP contribution in [0.2, 0.25) is 0 Å². The van der Waals surface area contributed by atoms with Crippen LogP contribution in [0.1, 0.15) is 20.3 Å². The number of carbonyl (C=O) groups excluding carboxylic acids is 1. The van der Waals surface area contributed by atoms with Crippen molar-refractivity contribution in [2.24, 2.45) is 5.92 Å². The Hall–Kier alpha value is -1.69. The molecular formula is C14H23N5O. The summed E-state index contributed by atoms with van der Waals surface area (Å²) in [7, 11) is 2.12. The van der Waals surface area contributed by atoms with E-state index in [1.165, 1.54) is 0 Å². The highest BCUT2D eigenvalue weighted by Gasteiger charge is 2.16. The lowest BCUT2D eigenvalue weighted by Gasteiger charge is -2.32. The molecule has 1 N–H and O–H groups in total. The van der Waals surface area contributed by atoms with Crippen LogP contribution in [-0.4, -0.2) is 54.0 Å². The van der Waals surface area contributed by atoms with Crippen LogP contribution in [0.25, 0.3) is 0 Å². The van der Waals surface area contributed by atoms with Crippen LogP contribution < -0.4 is 10.2 Å². The molecule has 0 bridgehead atoms. The number of piperazine rings is 1. The van der Waals surface area contributed by atoms with Gasteiger partial charge in [0.1, 0.15) is 0 Å². The first-order chi connectivity index (χ1) is 9.54. The molecule has 1 saturated heterocycles. The van der Waals surface area contributed by atoms with Gasteiger partial charge in [-0.1, -0.05) is 13.8 Å². The topological polar surface area (TPSA) is 61.4 Å². The Morgan fingerprint density at radius 3 is 2.40 bits per heavy atom. The number of likely N-dealkylation sites (N-methyl/N-ethyl adjacent to an activating group) is 1. The molecule has 1 aliphatic rings. The molecule has 1 aromatic rings. The quantitative estimate of drug-likeness (QED) is 0.896. The number of anilines is 2. The first kappa shape index (κ1) is 14.7. The third kappa shape index (κ3) is 4.16. The van der Waals surface area contributed by atoms with Crippen LogP contribution in [0.3, 0.4) is 0 Å². The molecule has 0 radical (unpaired) electrons. The molecule has 2 heterocycles. The molecule has 6 nitrogen and oxygen atoms in total. The van der Waals surface area contributed by atoms with E-state index in [1.54, 1.807) is 12.4 Å². The molecule has 1 amide bonds. The fourth-order valence-electron chi connectivity index (χ4n) is 2.14. The van der Waals surface area contributed by atoms with Crippen LogP contribution in [-0.2, 0) is 4.79 Å². The number of hydrogen-bond acceptors (Lipinski definition) is 5. The van der Waals surface area contributed by atoms with Crippen molar-refractivity contribution in [3.8, 4) is 0 Å². The lowest BCUT2D eigenvalue weighted by molar-refractivity contribution is -0.116. The van der Waals surface area contributed by atoms with Gasteiger partial charge in [-0.2, -0.15) is 0 Å². The lowest BCUT2D eigenvalue weighted by Crippen LogP contribution is -2.45. The van der Waals surface area contributed by atoms with Gasteiger partial charge in [0.2, 0.25) is 11.9 Å². The van der Waals surface area contributed by atoms with Crippen molar-refractivity contribution < 1.29 is 4.79 Å². The minimum Gasteiger partial charge on any atom is -0.338 e. The molecule has 0 atom stereocenters. The molecule has 0 aliphatic carbocycles. The van der Waals surface area contributed by atoms with E-state index in [4.69, 9.17) is 0 Å². The Morgan fingerprint density at radius 1 is 1.25 bits per heavy atom. The van der Waals surface area contributed by atoms with Gasteiger partial charge in [-0.3, -0.25) is 4.79 Å². The van der Waals surface area contributed by atoms with Gasteiger partial charge in [-0.05, 0) is 13.0 Å². The average Bonchev–Trinajstić information content (AvgIpc) is 2.39. The average molecular weight is 277 g/mol. The molecule has 20 heavy (non-hydrogen) atoms. The van der Waals surface area contributed by atoms with E-state index in [0.29, 0.717) is 18.0 Å². The fraction of sp³-hybridized carbons (Fsp3) is 0.643. The summed E-state index contributed by atoms with van der Waals surface area (Å²) in [6, 6.07) is 0. The Bertz CT molecular complexity index is 437. The second kappa shape index (κ2) is 6.65. The van der Waals surface area contributed by atoms with E-state index in [9.17, 15) is 4.79 Å². The van der Waals surface area contributed by atoms with Crippen molar-refractivity contribution >= 4 is 17.5 Å². The van der Waals surface area contributed by atoms with E-state index >= 15 is 0 Å². The van der Waals surface area contributed by atoms with Gasteiger partial charge in [0.15, 0.2) is 0 Å². The van der Waals surface area contributed by atoms with Gasteiger partial charge in [0.05, 0.1) is 18.1 Å². The second-order valence-corrected chi connectivity index (χ2v) is 5.71. The van der Waals surface area contributed by atoms with E-state index in [0.717, 1.165) is 32.1 Å². The standard InChI is InChI=1S/C14H23N5O/c1-11(2)8-13(20)17-12-9-15-14(16-10-12)19-6-4-18(3)5-7-19/h9-11H,4-8H2,1-3H3,(H,17,20). The molecule has 0 saturated carbocycles. The largest absolute Gasteiger partial charge is 0.338 e. The maximum Gasteiger partial charge on any atom is 0.225 e. The highest BCUT2D eigenvalue weighted by molar-refractivity contribution is 5.90. The van der Waals surface area contributed by atoms with Crippen LogP contribution in [0.5, 0.6) is 0 Å². The van der Waals surface area contributed by atoms with Gasteiger partial charge in [0, 0.05) is 32.6 Å². The number of carbonyl (C=O) groups is 1. The predicted octanol–water partition coefficient (Wildman–Crippen LogP) is 1.21. The summed E-state index contributed by atoms with van der Waals surface area (Å²) in [6.45, 7) is 7.97. The fourth-order valence-corrected chi connectivity index (χ4v) is 2.14. The molecule has 1 aromatic heterocycles. The molecule has 0 aromatic carbocycles. The number of rotatable bonds is 4. The summed E-state index contributed by atoms with van der Waals surface area (Å²) in [4.78, 5) is 24.8. The SMILES string of the molecule is CC(C)CC(=O)Nc1cnc(N2CCN(C)CC2)nc1. The zero-order valence-corrected chi connectivity index (χ0v) is 12.5. The van der Waals surface area contributed by atoms with Crippen molar-refractivity contribution in [1.29, 1.82) is 0 Å². The van der Waals surface area contributed by atoms with Crippen LogP contribution in [0.15, 0.2) is 12.4 Å². The number of nitrogens with zero attached hydrogens (tertiary/aromatic N) is 4. The smallest absolute Gasteiger partial charge is 0.225 e. The van der Waals surface area contributed by atoms with Crippen LogP contribution in [0, 0.1) is 5.92 Å². The summed E-state index contributed by atoms with van der Waals surface area (Å²) >= 11 is 0. The van der Waals surface area contributed by atoms with E-state index < -0.39 is 0 Å². The molecule has 2 rings (SSSR count). The van der Waals surface area contributed by atoms with Gasteiger partial charge >= 0.3 is 0 Å². The lowest BCUT2D eigenvalue weighted by atomic mass is 10.1. The Labute approximate surface area is 120 Å². The normalized spacial score (nSPS) is 16.5. The number of amides is 1. The molecule has 6 heteroatoms. The molecular weight excluding hydrogens is 254 g/mol. The summed E-state index contributed by atoms with van der Waals surface area (Å²) in [6.07, 6.45) is 3.87. The molecule has 110 valence electrons. The predicted molar refractivity (Wildman–Crippen MR) is 79.8 cm³/mol. The second-order valence-electron chi connectivity index (χ2n) is 5.71. The van der Waals surface area contributed by atoms with Crippen LogP contribution >= 0.6 is 0 Å². The summed E-state index contributed by atoms with van der Waals surface area (Å²) in [5, 5.41) is 2.82. The molecule has 1 fully saturated rings. The van der Waals surface area contributed by atoms with Crippen molar-refractivity contribution in [2.75, 3.05) is 43.4 Å². The Balaban J connectivity index is 1.91. The highest BCUT2D eigenvalue weighted by Crippen LogP contribution is 2.13. The van der Waals surface area contributed by atoms with Crippen molar-refractivity contribution in [2.45, 2.75) is 20.3 Å². The number of aromatic nitrogens is 2. The maximum absolute atomic E-state index is 11.7. The number of nitrogens with one attached hydrogen (secondary N) is 1. The Morgan fingerprint density at radius 2 is 1.85 bits per heavy atom. The zero-order valence-electron chi connectivity index (χ0n) is 12.5. The van der Waals surface area contributed by atoms with E-state index in [1.807, 2.05) is 13.8 Å². The summed E-state index contributed by atoms with van der Waals surface area (Å²) in [5.41, 5.74) is 0.661. The highest BCUT2D eigenvalue weighted by atomic mass is 16.1. The van der Waals surface area contributed by atoms with Gasteiger partial charge in [-0.25, -0.2) is 9.97 Å². The minimum atomic E-state index is 0.0101. The first-order valence-electron chi connectivity index (χ1n) is 7.10. The van der Waals surface area contributed by atoms with Crippen molar-refractivity contribution in [1.82, 2.24) is 14.9 Å². The number of hydrogen-bond donors (Lipinski definition) is 1. The molecule has 0 unspecified atom stereocenters.